The first-order valence-electron chi connectivity index (χ1n) is 6.48. The molecular formula is C15H15F2N3O. The van der Waals surface area contributed by atoms with Gasteiger partial charge in [-0.1, -0.05) is 13.0 Å². The van der Waals surface area contributed by atoms with Gasteiger partial charge in [0, 0.05) is 18.0 Å². The number of nitrogens with one attached hydrogen (secondary N) is 1. The van der Waals surface area contributed by atoms with Crippen molar-refractivity contribution < 1.29 is 13.6 Å². The summed E-state index contributed by atoms with van der Waals surface area (Å²) in [5.41, 5.74) is 7.07. The van der Waals surface area contributed by atoms with Crippen molar-refractivity contribution in [2.24, 2.45) is 0 Å². The Kier molecular flexibility index (Phi) is 4.47. The molecule has 0 bridgehead atoms. The minimum atomic E-state index is -1.11. The number of carbonyl (C=O) groups excluding carboxylic acids is 1. The molecule has 0 aliphatic carbocycles. The molecule has 3 N–H and O–H groups in total. The van der Waals surface area contributed by atoms with Crippen LogP contribution in [0.25, 0.3) is 0 Å². The summed E-state index contributed by atoms with van der Waals surface area (Å²) in [5, 5.41) is 2.61. The molecule has 0 spiro atoms. The van der Waals surface area contributed by atoms with Crippen LogP contribution in [0, 0.1) is 11.6 Å². The fourth-order valence-electron chi connectivity index (χ4n) is 1.97. The molecule has 0 saturated heterocycles. The van der Waals surface area contributed by atoms with Gasteiger partial charge < -0.3 is 11.1 Å². The number of anilines is 1. The van der Waals surface area contributed by atoms with Crippen molar-refractivity contribution >= 4 is 11.6 Å². The first-order chi connectivity index (χ1) is 10.0. The highest BCUT2D eigenvalue weighted by atomic mass is 19.2. The van der Waals surface area contributed by atoms with Crippen LogP contribution in [0.2, 0.25) is 0 Å². The second-order valence-corrected chi connectivity index (χ2v) is 4.50. The molecule has 1 heterocycles. The number of pyridine rings is 1. The number of hydrogen-bond acceptors (Lipinski definition) is 3. The molecule has 6 heteroatoms. The van der Waals surface area contributed by atoms with E-state index in [4.69, 9.17) is 5.73 Å². The molecule has 110 valence electrons. The van der Waals surface area contributed by atoms with E-state index in [9.17, 15) is 13.6 Å². The number of hydrogen-bond donors (Lipinski definition) is 2. The molecule has 0 aliphatic rings. The number of carbonyl (C=O) groups is 1. The van der Waals surface area contributed by atoms with E-state index < -0.39 is 17.5 Å². The summed E-state index contributed by atoms with van der Waals surface area (Å²) in [6.07, 6.45) is 2.42. The van der Waals surface area contributed by atoms with Gasteiger partial charge in [0.25, 0.3) is 5.91 Å². The molecule has 0 fully saturated rings. The summed E-state index contributed by atoms with van der Waals surface area (Å²) >= 11 is 0. The van der Waals surface area contributed by atoms with Gasteiger partial charge in [-0.15, -0.1) is 0 Å². The lowest BCUT2D eigenvalue weighted by Gasteiger charge is -2.10. The zero-order valence-electron chi connectivity index (χ0n) is 11.5. The number of amides is 1. The maximum Gasteiger partial charge on any atom is 0.253 e. The van der Waals surface area contributed by atoms with E-state index in [-0.39, 0.29) is 17.8 Å². The van der Waals surface area contributed by atoms with Crippen LogP contribution < -0.4 is 11.1 Å². The standard InChI is InChI=1S/C15H15F2N3O/c1-2-9-4-3-5-19-14(9)8-20-15(21)10-6-11(16)12(17)7-13(10)18/h3-7H,2,8,18H2,1H3,(H,20,21). The summed E-state index contributed by atoms with van der Waals surface area (Å²) in [4.78, 5) is 16.2. The van der Waals surface area contributed by atoms with Gasteiger partial charge in [-0.3, -0.25) is 9.78 Å². The van der Waals surface area contributed by atoms with Gasteiger partial charge in [0.2, 0.25) is 0 Å². The summed E-state index contributed by atoms with van der Waals surface area (Å²) < 4.78 is 26.2. The molecule has 1 aromatic carbocycles. The molecule has 0 atom stereocenters. The van der Waals surface area contributed by atoms with Gasteiger partial charge in [0.1, 0.15) is 0 Å². The van der Waals surface area contributed by atoms with E-state index in [1.807, 2.05) is 19.1 Å². The number of halogens is 2. The Morgan fingerprint density at radius 3 is 2.76 bits per heavy atom. The van der Waals surface area contributed by atoms with Crippen LogP contribution in [0.1, 0.15) is 28.5 Å². The molecule has 0 saturated carbocycles. The topological polar surface area (TPSA) is 68.0 Å². The normalized spacial score (nSPS) is 10.4. The molecule has 1 amide bonds. The summed E-state index contributed by atoms with van der Waals surface area (Å²) in [7, 11) is 0. The van der Waals surface area contributed by atoms with E-state index in [0.29, 0.717) is 0 Å². The number of aromatic nitrogens is 1. The third-order valence-electron chi connectivity index (χ3n) is 3.12. The highest BCUT2D eigenvalue weighted by molar-refractivity contribution is 5.99. The van der Waals surface area contributed by atoms with Crippen LogP contribution in [0.3, 0.4) is 0 Å². The Hall–Kier alpha value is -2.50. The van der Waals surface area contributed by atoms with Crippen LogP contribution in [-0.2, 0) is 13.0 Å². The van der Waals surface area contributed by atoms with Crippen LogP contribution in [0.5, 0.6) is 0 Å². The number of benzene rings is 1. The lowest BCUT2D eigenvalue weighted by molar-refractivity contribution is 0.0950. The minimum Gasteiger partial charge on any atom is -0.398 e. The molecular weight excluding hydrogens is 276 g/mol. The van der Waals surface area contributed by atoms with Crippen molar-refractivity contribution in [3.8, 4) is 0 Å². The smallest absolute Gasteiger partial charge is 0.253 e. The fourth-order valence-corrected chi connectivity index (χ4v) is 1.97. The molecule has 0 unspecified atom stereocenters. The Balaban J connectivity index is 2.14. The maximum absolute atomic E-state index is 13.2. The average Bonchev–Trinajstić information content (AvgIpc) is 2.48. The first kappa shape index (κ1) is 14.9. The number of nitrogens with two attached hydrogens (primary N) is 1. The van der Waals surface area contributed by atoms with Crippen LogP contribution in [0.15, 0.2) is 30.5 Å². The molecule has 2 rings (SSSR count). The van der Waals surface area contributed by atoms with Gasteiger partial charge in [0.05, 0.1) is 17.8 Å². The number of nitrogen functional groups attached to an aromatic ring is 1. The van der Waals surface area contributed by atoms with E-state index in [1.165, 1.54) is 0 Å². The SMILES string of the molecule is CCc1cccnc1CNC(=O)c1cc(F)c(F)cc1N. The number of aryl methyl sites for hydroxylation is 1. The van der Waals surface area contributed by atoms with E-state index in [2.05, 4.69) is 10.3 Å². The average molecular weight is 291 g/mol. The summed E-state index contributed by atoms with van der Waals surface area (Å²) in [5.74, 6) is -2.76. The summed E-state index contributed by atoms with van der Waals surface area (Å²) in [6, 6.07) is 5.32. The van der Waals surface area contributed by atoms with Gasteiger partial charge in [-0.05, 0) is 24.1 Å². The highest BCUT2D eigenvalue weighted by Crippen LogP contribution is 2.17. The molecule has 4 nitrogen and oxygen atoms in total. The third kappa shape index (κ3) is 3.34. The number of rotatable bonds is 4. The predicted molar refractivity (Wildman–Crippen MR) is 75.6 cm³/mol. The lowest BCUT2D eigenvalue weighted by Crippen LogP contribution is -2.25. The predicted octanol–water partition coefficient (Wildman–Crippen LogP) is 2.43. The Morgan fingerprint density at radius 2 is 2.05 bits per heavy atom. The van der Waals surface area contributed by atoms with Crippen molar-refractivity contribution in [3.63, 3.8) is 0 Å². The fraction of sp³-hybridized carbons (Fsp3) is 0.200. The van der Waals surface area contributed by atoms with Crippen LogP contribution in [-0.4, -0.2) is 10.9 Å². The second-order valence-electron chi connectivity index (χ2n) is 4.50. The molecule has 0 aliphatic heterocycles. The monoisotopic (exact) mass is 291 g/mol. The quantitative estimate of drug-likeness (QED) is 0.850. The molecule has 0 radical (unpaired) electrons. The van der Waals surface area contributed by atoms with E-state index >= 15 is 0 Å². The highest BCUT2D eigenvalue weighted by Gasteiger charge is 2.14. The van der Waals surface area contributed by atoms with Gasteiger partial charge in [-0.25, -0.2) is 8.78 Å². The molecule has 21 heavy (non-hydrogen) atoms. The Bertz CT molecular complexity index is 674. The van der Waals surface area contributed by atoms with Crippen molar-refractivity contribution in [2.75, 3.05) is 5.73 Å². The van der Waals surface area contributed by atoms with Gasteiger partial charge in [0.15, 0.2) is 11.6 Å². The minimum absolute atomic E-state index is 0.0946. The zero-order valence-corrected chi connectivity index (χ0v) is 11.5. The lowest BCUT2D eigenvalue weighted by atomic mass is 10.1. The third-order valence-corrected chi connectivity index (χ3v) is 3.12. The maximum atomic E-state index is 13.2. The van der Waals surface area contributed by atoms with E-state index in [0.717, 1.165) is 29.8 Å². The molecule has 1 aromatic heterocycles. The number of nitrogens with zero attached hydrogens (tertiary/aromatic N) is 1. The van der Waals surface area contributed by atoms with Gasteiger partial charge in [-0.2, -0.15) is 0 Å². The van der Waals surface area contributed by atoms with Crippen LogP contribution >= 0.6 is 0 Å². The van der Waals surface area contributed by atoms with Crippen molar-refractivity contribution in [2.45, 2.75) is 19.9 Å². The summed E-state index contributed by atoms with van der Waals surface area (Å²) in [6.45, 7) is 2.18. The van der Waals surface area contributed by atoms with Gasteiger partial charge >= 0.3 is 0 Å². The van der Waals surface area contributed by atoms with E-state index in [1.54, 1.807) is 6.20 Å². The Labute approximate surface area is 121 Å². The molecule has 2 aromatic rings. The second kappa shape index (κ2) is 6.30. The van der Waals surface area contributed by atoms with Crippen LogP contribution in [0.4, 0.5) is 14.5 Å². The van der Waals surface area contributed by atoms with Crippen molar-refractivity contribution in [1.29, 1.82) is 0 Å². The first-order valence-corrected chi connectivity index (χ1v) is 6.48. The van der Waals surface area contributed by atoms with Crippen molar-refractivity contribution in [3.05, 3.63) is 58.9 Å². The largest absolute Gasteiger partial charge is 0.398 e. The Morgan fingerprint density at radius 1 is 1.33 bits per heavy atom. The van der Waals surface area contributed by atoms with Crippen molar-refractivity contribution in [1.82, 2.24) is 10.3 Å². The zero-order chi connectivity index (χ0) is 15.4.